The van der Waals surface area contributed by atoms with E-state index in [4.69, 9.17) is 9.47 Å². The number of rotatable bonds is 6. The molecule has 0 radical (unpaired) electrons. The fourth-order valence-electron chi connectivity index (χ4n) is 3.43. The van der Waals surface area contributed by atoms with Crippen LogP contribution in [0.15, 0.2) is 41.5 Å². The summed E-state index contributed by atoms with van der Waals surface area (Å²) in [6.45, 7) is 2.10. The van der Waals surface area contributed by atoms with Gasteiger partial charge in [-0.05, 0) is 50.3 Å². The van der Waals surface area contributed by atoms with Crippen molar-refractivity contribution in [3.05, 3.63) is 47.1 Å². The minimum Gasteiger partial charge on any atom is -0.427 e. The number of unbranched alkanes of at least 4 members (excludes halogenated alkanes) is 2. The molecule has 1 saturated carbocycles. The Labute approximate surface area is 154 Å². The molecule has 0 spiro atoms. The van der Waals surface area contributed by atoms with Crippen LogP contribution < -0.4 is 4.74 Å². The van der Waals surface area contributed by atoms with Crippen LogP contribution in [0.2, 0.25) is 0 Å². The summed E-state index contributed by atoms with van der Waals surface area (Å²) in [6.07, 6.45) is 10.7. The number of benzene rings is 1. The summed E-state index contributed by atoms with van der Waals surface area (Å²) in [7, 11) is 0. The normalized spacial score (nSPS) is 17.1. The number of hydrogen-bond donors (Lipinski definition) is 0. The van der Waals surface area contributed by atoms with E-state index >= 15 is 0 Å². The third-order valence-corrected chi connectivity index (χ3v) is 4.87. The van der Waals surface area contributed by atoms with Gasteiger partial charge in [0, 0.05) is 12.0 Å². The summed E-state index contributed by atoms with van der Waals surface area (Å²) in [5.74, 6) is 0.531. The molecule has 0 saturated heterocycles. The Morgan fingerprint density at radius 1 is 1.15 bits per heavy atom. The van der Waals surface area contributed by atoms with Gasteiger partial charge in [-0.1, -0.05) is 43.9 Å². The number of carbonyl (C=O) groups is 2. The number of ether oxygens (including phenoxy) is 2. The highest BCUT2D eigenvalue weighted by molar-refractivity contribution is 6.02. The lowest BCUT2D eigenvalue weighted by molar-refractivity contribution is -0.134. The molecule has 1 heterocycles. The van der Waals surface area contributed by atoms with Gasteiger partial charge in [-0.2, -0.15) is 0 Å². The summed E-state index contributed by atoms with van der Waals surface area (Å²) in [5.41, 5.74) is 2.67. The Kier molecular flexibility index (Phi) is 6.26. The smallest absolute Gasteiger partial charge is 0.343 e. The van der Waals surface area contributed by atoms with E-state index in [9.17, 15) is 9.59 Å². The number of esters is 2. The number of hydrogen-bond acceptors (Lipinski definition) is 4. The number of carbonyl (C=O) groups excluding carboxylic acids is 2. The van der Waals surface area contributed by atoms with Crippen molar-refractivity contribution in [2.24, 2.45) is 0 Å². The van der Waals surface area contributed by atoms with Crippen LogP contribution >= 0.6 is 0 Å². The second-order valence-corrected chi connectivity index (χ2v) is 6.94. The zero-order valence-electron chi connectivity index (χ0n) is 15.4. The van der Waals surface area contributed by atoms with E-state index in [0.717, 1.165) is 50.5 Å². The molecule has 1 fully saturated rings. The lowest BCUT2D eigenvalue weighted by Gasteiger charge is -2.14. The van der Waals surface area contributed by atoms with Gasteiger partial charge in [-0.25, -0.2) is 4.79 Å². The Morgan fingerprint density at radius 3 is 2.73 bits per heavy atom. The summed E-state index contributed by atoms with van der Waals surface area (Å²) in [6, 6.07) is 7.18. The van der Waals surface area contributed by atoms with Crippen LogP contribution in [0.25, 0.3) is 5.76 Å². The monoisotopic (exact) mass is 354 g/mol. The lowest BCUT2D eigenvalue weighted by Crippen LogP contribution is -2.07. The molecule has 0 N–H and O–H groups in total. The van der Waals surface area contributed by atoms with Crippen molar-refractivity contribution < 1.29 is 19.1 Å². The first-order chi connectivity index (χ1) is 12.7. The Morgan fingerprint density at radius 2 is 1.96 bits per heavy atom. The fourth-order valence-corrected chi connectivity index (χ4v) is 3.43. The van der Waals surface area contributed by atoms with Crippen LogP contribution in [-0.4, -0.2) is 11.9 Å². The van der Waals surface area contributed by atoms with Gasteiger partial charge in [0.15, 0.2) is 0 Å². The van der Waals surface area contributed by atoms with Crippen molar-refractivity contribution in [2.45, 2.75) is 64.7 Å². The van der Waals surface area contributed by atoms with Crippen molar-refractivity contribution in [2.75, 3.05) is 0 Å². The first-order valence-electron chi connectivity index (χ1n) is 9.64. The van der Waals surface area contributed by atoms with Crippen LogP contribution in [-0.2, 0) is 14.3 Å². The molecule has 1 aromatic carbocycles. The van der Waals surface area contributed by atoms with Crippen molar-refractivity contribution in [1.82, 2.24) is 0 Å². The zero-order chi connectivity index (χ0) is 18.4. The SMILES string of the molecule is CCCCCC(=O)Oc1cccc(C2=CC(=C3CCCCC3)C(=O)O2)c1. The maximum Gasteiger partial charge on any atom is 0.343 e. The fraction of sp³-hybridized carbons (Fsp3) is 0.455. The molecule has 1 aromatic rings. The van der Waals surface area contributed by atoms with E-state index in [2.05, 4.69) is 6.92 Å². The topological polar surface area (TPSA) is 52.6 Å². The van der Waals surface area contributed by atoms with Crippen LogP contribution in [0, 0.1) is 0 Å². The standard InChI is InChI=1S/C22H26O4/c1-2-3-5-13-21(23)25-18-12-8-11-17(14-18)20-15-19(22(24)26-20)16-9-6-4-7-10-16/h8,11-12,14-15H,2-7,9-10,13H2,1H3. The third-order valence-electron chi connectivity index (χ3n) is 4.87. The predicted molar refractivity (Wildman–Crippen MR) is 100 cm³/mol. The number of allylic oxidation sites excluding steroid dienone is 1. The van der Waals surface area contributed by atoms with E-state index in [1.165, 1.54) is 12.0 Å². The highest BCUT2D eigenvalue weighted by atomic mass is 16.5. The van der Waals surface area contributed by atoms with Crippen molar-refractivity contribution in [3.63, 3.8) is 0 Å². The summed E-state index contributed by atoms with van der Waals surface area (Å²) >= 11 is 0. The van der Waals surface area contributed by atoms with Crippen molar-refractivity contribution in [1.29, 1.82) is 0 Å². The molecule has 4 nitrogen and oxygen atoms in total. The molecule has 2 aliphatic rings. The van der Waals surface area contributed by atoms with Gasteiger partial charge in [0.25, 0.3) is 0 Å². The Hall–Kier alpha value is -2.36. The minimum absolute atomic E-state index is 0.224. The first kappa shape index (κ1) is 18.4. The molecule has 0 amide bonds. The molecule has 1 aliphatic carbocycles. The van der Waals surface area contributed by atoms with E-state index < -0.39 is 0 Å². The van der Waals surface area contributed by atoms with E-state index in [-0.39, 0.29) is 11.9 Å². The third kappa shape index (κ3) is 4.63. The highest BCUT2D eigenvalue weighted by Crippen LogP contribution is 2.34. The second-order valence-electron chi connectivity index (χ2n) is 6.94. The number of cyclic esters (lactones) is 1. The average Bonchev–Trinajstić information content (AvgIpc) is 3.05. The maximum absolute atomic E-state index is 12.2. The Balaban J connectivity index is 1.72. The molecule has 0 unspecified atom stereocenters. The van der Waals surface area contributed by atoms with Crippen LogP contribution in [0.4, 0.5) is 0 Å². The maximum atomic E-state index is 12.2. The van der Waals surface area contributed by atoms with Gasteiger partial charge in [0.1, 0.15) is 11.5 Å². The van der Waals surface area contributed by atoms with Crippen LogP contribution in [0.3, 0.4) is 0 Å². The average molecular weight is 354 g/mol. The van der Waals surface area contributed by atoms with Crippen LogP contribution in [0.1, 0.15) is 70.3 Å². The molecule has 26 heavy (non-hydrogen) atoms. The van der Waals surface area contributed by atoms with Gasteiger partial charge in [0.2, 0.25) is 0 Å². The highest BCUT2D eigenvalue weighted by Gasteiger charge is 2.26. The molecular weight excluding hydrogens is 328 g/mol. The van der Waals surface area contributed by atoms with Crippen LogP contribution in [0.5, 0.6) is 5.75 Å². The van der Waals surface area contributed by atoms with Crippen molar-refractivity contribution in [3.8, 4) is 5.75 Å². The van der Waals surface area contributed by atoms with Gasteiger partial charge >= 0.3 is 11.9 Å². The molecule has 0 aromatic heterocycles. The zero-order valence-corrected chi connectivity index (χ0v) is 15.4. The molecule has 0 bridgehead atoms. The summed E-state index contributed by atoms with van der Waals surface area (Å²) in [5, 5.41) is 0. The van der Waals surface area contributed by atoms with E-state index in [1.807, 2.05) is 18.2 Å². The van der Waals surface area contributed by atoms with Gasteiger partial charge in [-0.15, -0.1) is 0 Å². The minimum atomic E-state index is -0.265. The van der Waals surface area contributed by atoms with Gasteiger partial charge < -0.3 is 9.47 Å². The van der Waals surface area contributed by atoms with Gasteiger partial charge in [-0.3, -0.25) is 4.79 Å². The Bertz CT molecular complexity index is 734. The largest absolute Gasteiger partial charge is 0.427 e. The second kappa shape index (κ2) is 8.84. The first-order valence-corrected chi connectivity index (χ1v) is 9.64. The molecule has 3 rings (SSSR count). The quantitative estimate of drug-likeness (QED) is 0.300. The molecule has 4 heteroatoms. The van der Waals surface area contributed by atoms with Crippen molar-refractivity contribution >= 4 is 17.7 Å². The molecule has 1 aliphatic heterocycles. The molecular formula is C22H26O4. The van der Waals surface area contributed by atoms with E-state index in [1.54, 1.807) is 12.1 Å². The summed E-state index contributed by atoms with van der Waals surface area (Å²) in [4.78, 5) is 24.1. The predicted octanol–water partition coefficient (Wildman–Crippen LogP) is 5.33. The van der Waals surface area contributed by atoms with E-state index in [0.29, 0.717) is 23.5 Å². The van der Waals surface area contributed by atoms with Gasteiger partial charge in [0.05, 0.1) is 5.57 Å². The molecule has 0 atom stereocenters. The molecule has 138 valence electrons. The lowest BCUT2D eigenvalue weighted by atomic mass is 9.91. The summed E-state index contributed by atoms with van der Waals surface area (Å²) < 4.78 is 10.9.